The molecule has 3 aromatic rings. The molecule has 112 valence electrons. The second kappa shape index (κ2) is 6.46. The number of carbonyl (C=O) groups is 1. The maximum atomic E-state index is 12.2. The Hall–Kier alpha value is -1.92. The Morgan fingerprint density at radius 2 is 2.05 bits per heavy atom. The third-order valence-electron chi connectivity index (χ3n) is 3.04. The van der Waals surface area contributed by atoms with Crippen molar-refractivity contribution in [3.8, 4) is 0 Å². The minimum absolute atomic E-state index is 0.0337. The first-order valence-corrected chi connectivity index (χ1v) is 8.69. The SMILES string of the molecule is Cc1csc(SCC(=O)Nc2cc(C)nc3ccccc23)n1. The summed E-state index contributed by atoms with van der Waals surface area (Å²) in [5.74, 6) is 0.316. The number of para-hydroxylation sites is 1. The molecule has 0 aliphatic heterocycles. The van der Waals surface area contributed by atoms with Crippen LogP contribution in [0.3, 0.4) is 0 Å². The summed E-state index contributed by atoms with van der Waals surface area (Å²) in [5, 5.41) is 5.92. The largest absolute Gasteiger partial charge is 0.325 e. The predicted molar refractivity (Wildman–Crippen MR) is 92.7 cm³/mol. The van der Waals surface area contributed by atoms with Gasteiger partial charge in [-0.25, -0.2) is 4.98 Å². The highest BCUT2D eigenvalue weighted by Gasteiger charge is 2.09. The number of anilines is 1. The average Bonchev–Trinajstić information content (AvgIpc) is 2.91. The van der Waals surface area contributed by atoms with Crippen LogP contribution in [0.15, 0.2) is 40.1 Å². The van der Waals surface area contributed by atoms with Crippen molar-refractivity contribution in [1.29, 1.82) is 0 Å². The number of hydrogen-bond donors (Lipinski definition) is 1. The number of thiazole rings is 1. The Kier molecular flexibility index (Phi) is 4.40. The fourth-order valence-electron chi connectivity index (χ4n) is 2.12. The van der Waals surface area contributed by atoms with Crippen LogP contribution in [0.2, 0.25) is 0 Å². The van der Waals surface area contributed by atoms with E-state index in [1.54, 1.807) is 11.3 Å². The fraction of sp³-hybridized carbons (Fsp3) is 0.188. The van der Waals surface area contributed by atoms with Gasteiger partial charge in [0.15, 0.2) is 4.34 Å². The maximum Gasteiger partial charge on any atom is 0.234 e. The van der Waals surface area contributed by atoms with Crippen molar-refractivity contribution in [3.63, 3.8) is 0 Å². The zero-order valence-corrected chi connectivity index (χ0v) is 13.9. The van der Waals surface area contributed by atoms with Crippen molar-refractivity contribution in [1.82, 2.24) is 9.97 Å². The number of carbonyl (C=O) groups excluding carboxylic acids is 1. The predicted octanol–water partition coefficient (Wildman–Crippen LogP) is 4.04. The lowest BCUT2D eigenvalue weighted by atomic mass is 10.1. The molecule has 2 heterocycles. The summed E-state index contributed by atoms with van der Waals surface area (Å²) < 4.78 is 0.920. The molecule has 4 nitrogen and oxygen atoms in total. The topological polar surface area (TPSA) is 54.9 Å². The number of benzene rings is 1. The van der Waals surface area contributed by atoms with Gasteiger partial charge in [0.2, 0.25) is 5.91 Å². The normalized spacial score (nSPS) is 10.8. The van der Waals surface area contributed by atoms with Crippen molar-refractivity contribution < 1.29 is 4.79 Å². The highest BCUT2D eigenvalue weighted by molar-refractivity contribution is 8.01. The summed E-state index contributed by atoms with van der Waals surface area (Å²) in [6.45, 7) is 3.88. The van der Waals surface area contributed by atoms with Crippen LogP contribution in [0, 0.1) is 13.8 Å². The number of amides is 1. The van der Waals surface area contributed by atoms with Crippen LogP contribution in [-0.2, 0) is 4.79 Å². The Bertz CT molecular complexity index is 829. The Morgan fingerprint density at radius 3 is 2.82 bits per heavy atom. The van der Waals surface area contributed by atoms with E-state index in [0.717, 1.165) is 32.3 Å². The van der Waals surface area contributed by atoms with Crippen LogP contribution in [0.5, 0.6) is 0 Å². The number of rotatable bonds is 4. The molecule has 1 N–H and O–H groups in total. The standard InChI is InChI=1S/C16H15N3OS2/c1-10-7-14(12-5-3-4-6-13(12)17-10)19-15(20)9-22-16-18-11(2)8-21-16/h3-8H,9H2,1-2H3,(H,17,19,20). The highest BCUT2D eigenvalue weighted by atomic mass is 32.2. The maximum absolute atomic E-state index is 12.2. The van der Waals surface area contributed by atoms with Crippen molar-refractivity contribution in [2.24, 2.45) is 0 Å². The first-order valence-electron chi connectivity index (χ1n) is 6.83. The molecule has 0 aliphatic carbocycles. The molecule has 0 atom stereocenters. The molecule has 0 saturated carbocycles. The number of hydrogen-bond acceptors (Lipinski definition) is 5. The van der Waals surface area contributed by atoms with Gasteiger partial charge in [0.25, 0.3) is 0 Å². The van der Waals surface area contributed by atoms with Gasteiger partial charge in [-0.3, -0.25) is 9.78 Å². The molecule has 2 aromatic heterocycles. The molecule has 1 aromatic carbocycles. The van der Waals surface area contributed by atoms with Gasteiger partial charge in [0.05, 0.1) is 17.0 Å². The molecule has 0 spiro atoms. The summed E-state index contributed by atoms with van der Waals surface area (Å²) in [5.41, 5.74) is 3.57. The monoisotopic (exact) mass is 329 g/mol. The van der Waals surface area contributed by atoms with Crippen LogP contribution in [0.1, 0.15) is 11.4 Å². The first-order chi connectivity index (χ1) is 10.6. The molecule has 22 heavy (non-hydrogen) atoms. The summed E-state index contributed by atoms with van der Waals surface area (Å²) >= 11 is 3.02. The van der Waals surface area contributed by atoms with E-state index < -0.39 is 0 Å². The highest BCUT2D eigenvalue weighted by Crippen LogP contribution is 2.25. The Morgan fingerprint density at radius 1 is 1.23 bits per heavy atom. The molecule has 3 rings (SSSR count). The second-order valence-electron chi connectivity index (χ2n) is 4.92. The lowest BCUT2D eigenvalue weighted by Crippen LogP contribution is -2.14. The summed E-state index contributed by atoms with van der Waals surface area (Å²) in [7, 11) is 0. The number of aromatic nitrogens is 2. The van der Waals surface area contributed by atoms with Gasteiger partial charge >= 0.3 is 0 Å². The lowest BCUT2D eigenvalue weighted by Gasteiger charge is -2.09. The van der Waals surface area contributed by atoms with Crippen molar-refractivity contribution in [3.05, 3.63) is 47.1 Å². The molecule has 0 aliphatic rings. The molecular formula is C16H15N3OS2. The van der Waals surface area contributed by atoms with Crippen LogP contribution in [-0.4, -0.2) is 21.6 Å². The number of nitrogens with one attached hydrogen (secondary N) is 1. The van der Waals surface area contributed by atoms with E-state index in [-0.39, 0.29) is 5.91 Å². The summed E-state index contributed by atoms with van der Waals surface area (Å²) in [4.78, 5) is 21.0. The first kappa shape index (κ1) is 15.0. The summed E-state index contributed by atoms with van der Waals surface area (Å²) in [6.07, 6.45) is 0. The van der Waals surface area contributed by atoms with Crippen molar-refractivity contribution >= 4 is 45.6 Å². The number of pyridine rings is 1. The van der Waals surface area contributed by atoms with E-state index >= 15 is 0 Å². The number of fused-ring (bicyclic) bond motifs is 1. The van der Waals surface area contributed by atoms with Gasteiger partial charge < -0.3 is 5.32 Å². The van der Waals surface area contributed by atoms with Gasteiger partial charge in [-0.1, -0.05) is 30.0 Å². The van der Waals surface area contributed by atoms with E-state index in [9.17, 15) is 4.79 Å². The van der Waals surface area contributed by atoms with Gasteiger partial charge in [0.1, 0.15) is 0 Å². The third kappa shape index (κ3) is 3.45. The van der Waals surface area contributed by atoms with Crippen LogP contribution in [0.4, 0.5) is 5.69 Å². The quantitative estimate of drug-likeness (QED) is 0.734. The molecular weight excluding hydrogens is 314 g/mol. The van der Waals surface area contributed by atoms with Crippen LogP contribution < -0.4 is 5.32 Å². The zero-order chi connectivity index (χ0) is 15.5. The minimum atomic E-state index is -0.0337. The smallest absolute Gasteiger partial charge is 0.234 e. The fourth-order valence-corrected chi connectivity index (χ4v) is 3.77. The van der Waals surface area contributed by atoms with E-state index in [1.807, 2.05) is 49.6 Å². The zero-order valence-electron chi connectivity index (χ0n) is 12.3. The molecule has 6 heteroatoms. The van der Waals surface area contributed by atoms with Crippen LogP contribution in [0.25, 0.3) is 10.9 Å². The molecule has 0 fully saturated rings. The Labute approximate surface area is 137 Å². The molecule has 0 bridgehead atoms. The third-order valence-corrected chi connectivity index (χ3v) is 5.18. The minimum Gasteiger partial charge on any atom is -0.325 e. The average molecular weight is 329 g/mol. The number of thioether (sulfide) groups is 1. The van der Waals surface area contributed by atoms with E-state index in [1.165, 1.54) is 11.8 Å². The van der Waals surface area contributed by atoms with E-state index in [4.69, 9.17) is 0 Å². The van der Waals surface area contributed by atoms with Gasteiger partial charge in [-0.15, -0.1) is 11.3 Å². The summed E-state index contributed by atoms with van der Waals surface area (Å²) in [6, 6.07) is 9.71. The van der Waals surface area contributed by atoms with Crippen molar-refractivity contribution in [2.75, 3.05) is 11.1 Å². The van der Waals surface area contributed by atoms with E-state index in [2.05, 4.69) is 15.3 Å². The number of nitrogens with zero attached hydrogens (tertiary/aromatic N) is 2. The van der Waals surface area contributed by atoms with Crippen molar-refractivity contribution in [2.45, 2.75) is 18.2 Å². The molecule has 0 unspecified atom stereocenters. The lowest BCUT2D eigenvalue weighted by molar-refractivity contribution is -0.113. The van der Waals surface area contributed by atoms with Gasteiger partial charge in [-0.2, -0.15) is 0 Å². The molecule has 1 amide bonds. The number of aryl methyl sites for hydroxylation is 2. The van der Waals surface area contributed by atoms with Crippen LogP contribution >= 0.6 is 23.1 Å². The Balaban J connectivity index is 1.73. The van der Waals surface area contributed by atoms with Gasteiger partial charge in [-0.05, 0) is 26.0 Å². The molecule has 0 saturated heterocycles. The van der Waals surface area contributed by atoms with Gasteiger partial charge in [0, 0.05) is 22.2 Å². The van der Waals surface area contributed by atoms with E-state index in [0.29, 0.717) is 5.75 Å². The molecule has 0 radical (unpaired) electrons. The second-order valence-corrected chi connectivity index (χ2v) is 7.00.